The fraction of sp³-hybridized carbons (Fsp3) is 0.381. The van der Waals surface area contributed by atoms with Gasteiger partial charge in [-0.2, -0.15) is 0 Å². The minimum absolute atomic E-state index is 0.0329. The number of hydrogen-bond acceptors (Lipinski definition) is 4. The first-order chi connectivity index (χ1) is 13.4. The SMILES string of the molecule is COc1ccc(Cl)cc1C(=O)N1CCC(C(=O)N(C)c2cccc(C)n2)CC1. The van der Waals surface area contributed by atoms with Crippen LogP contribution in [-0.4, -0.2) is 48.9 Å². The van der Waals surface area contributed by atoms with Gasteiger partial charge >= 0.3 is 0 Å². The van der Waals surface area contributed by atoms with Crippen molar-refractivity contribution < 1.29 is 14.3 Å². The van der Waals surface area contributed by atoms with Gasteiger partial charge in [0.25, 0.3) is 5.91 Å². The van der Waals surface area contributed by atoms with E-state index in [0.29, 0.717) is 48.1 Å². The highest BCUT2D eigenvalue weighted by Gasteiger charge is 2.31. The summed E-state index contributed by atoms with van der Waals surface area (Å²) < 4.78 is 5.29. The zero-order valence-electron chi connectivity index (χ0n) is 16.3. The second-order valence-electron chi connectivity index (χ2n) is 6.95. The van der Waals surface area contributed by atoms with Gasteiger partial charge < -0.3 is 9.64 Å². The normalized spacial score (nSPS) is 14.6. The van der Waals surface area contributed by atoms with Gasteiger partial charge in [-0.25, -0.2) is 4.98 Å². The van der Waals surface area contributed by atoms with Gasteiger partial charge in [0.2, 0.25) is 5.91 Å². The molecule has 2 amide bonds. The van der Waals surface area contributed by atoms with Crippen LogP contribution in [0, 0.1) is 12.8 Å². The van der Waals surface area contributed by atoms with Crippen LogP contribution in [0.3, 0.4) is 0 Å². The Kier molecular flexibility index (Phi) is 6.19. The summed E-state index contributed by atoms with van der Waals surface area (Å²) in [4.78, 5) is 33.5. The predicted octanol–water partition coefficient (Wildman–Crippen LogP) is 3.57. The van der Waals surface area contributed by atoms with Crippen molar-refractivity contribution in [2.45, 2.75) is 19.8 Å². The van der Waals surface area contributed by atoms with E-state index in [1.54, 1.807) is 35.0 Å². The van der Waals surface area contributed by atoms with E-state index < -0.39 is 0 Å². The maximum atomic E-state index is 12.9. The molecule has 1 aliphatic heterocycles. The van der Waals surface area contributed by atoms with E-state index in [-0.39, 0.29) is 17.7 Å². The van der Waals surface area contributed by atoms with Crippen LogP contribution in [0.4, 0.5) is 5.82 Å². The Hall–Kier alpha value is -2.60. The number of halogens is 1. The van der Waals surface area contributed by atoms with Crippen molar-refractivity contribution >= 4 is 29.2 Å². The summed E-state index contributed by atoms with van der Waals surface area (Å²) in [5, 5.41) is 0.487. The van der Waals surface area contributed by atoms with Crippen molar-refractivity contribution in [3.8, 4) is 5.75 Å². The lowest BCUT2D eigenvalue weighted by Gasteiger charge is -2.33. The van der Waals surface area contributed by atoms with Crippen LogP contribution < -0.4 is 9.64 Å². The molecule has 2 heterocycles. The van der Waals surface area contributed by atoms with Crippen LogP contribution in [0.15, 0.2) is 36.4 Å². The highest BCUT2D eigenvalue weighted by Crippen LogP contribution is 2.27. The fourth-order valence-corrected chi connectivity index (χ4v) is 3.62. The molecule has 2 aromatic rings. The summed E-state index contributed by atoms with van der Waals surface area (Å²) in [6, 6.07) is 10.6. The Labute approximate surface area is 170 Å². The van der Waals surface area contributed by atoms with Crippen LogP contribution in [0.1, 0.15) is 28.9 Å². The zero-order chi connectivity index (χ0) is 20.3. The number of pyridine rings is 1. The van der Waals surface area contributed by atoms with Crippen molar-refractivity contribution in [2.24, 2.45) is 5.92 Å². The summed E-state index contributed by atoms with van der Waals surface area (Å²) in [7, 11) is 3.28. The molecule has 6 nitrogen and oxygen atoms in total. The third-order valence-corrected chi connectivity index (χ3v) is 5.31. The predicted molar refractivity (Wildman–Crippen MR) is 109 cm³/mol. The van der Waals surface area contributed by atoms with Crippen LogP contribution >= 0.6 is 11.6 Å². The van der Waals surface area contributed by atoms with E-state index in [1.165, 1.54) is 7.11 Å². The number of aryl methyl sites for hydroxylation is 1. The minimum atomic E-state index is -0.127. The Morgan fingerprint density at radius 1 is 1.21 bits per heavy atom. The van der Waals surface area contributed by atoms with Gasteiger partial charge in [0.05, 0.1) is 12.7 Å². The number of ether oxygens (including phenoxy) is 1. The first-order valence-electron chi connectivity index (χ1n) is 9.24. The second kappa shape index (κ2) is 8.61. The van der Waals surface area contributed by atoms with E-state index >= 15 is 0 Å². The average Bonchev–Trinajstić information content (AvgIpc) is 2.72. The maximum absolute atomic E-state index is 12.9. The summed E-state index contributed by atoms with van der Waals surface area (Å²) >= 11 is 6.04. The summed E-state index contributed by atoms with van der Waals surface area (Å²) in [6.07, 6.45) is 1.23. The minimum Gasteiger partial charge on any atom is -0.496 e. The van der Waals surface area contributed by atoms with Crippen molar-refractivity contribution in [3.05, 3.63) is 52.7 Å². The third kappa shape index (κ3) is 4.28. The molecule has 0 unspecified atom stereocenters. The van der Waals surface area contributed by atoms with Gasteiger partial charge in [-0.05, 0) is 50.1 Å². The second-order valence-corrected chi connectivity index (χ2v) is 7.38. The van der Waals surface area contributed by atoms with Crippen LogP contribution in [0.5, 0.6) is 5.75 Å². The number of carbonyl (C=O) groups excluding carboxylic acids is 2. The Balaban J connectivity index is 1.65. The highest BCUT2D eigenvalue weighted by atomic mass is 35.5. The molecule has 1 aromatic heterocycles. The van der Waals surface area contributed by atoms with E-state index in [1.807, 2.05) is 25.1 Å². The van der Waals surface area contributed by atoms with E-state index in [0.717, 1.165) is 5.69 Å². The fourth-order valence-electron chi connectivity index (χ4n) is 3.45. The topological polar surface area (TPSA) is 62.7 Å². The van der Waals surface area contributed by atoms with E-state index in [4.69, 9.17) is 16.3 Å². The van der Waals surface area contributed by atoms with Crippen molar-refractivity contribution in [1.29, 1.82) is 0 Å². The number of benzene rings is 1. The van der Waals surface area contributed by atoms with Gasteiger partial charge in [-0.15, -0.1) is 0 Å². The Morgan fingerprint density at radius 2 is 1.93 bits per heavy atom. The Bertz CT molecular complexity index is 879. The largest absolute Gasteiger partial charge is 0.496 e. The first-order valence-corrected chi connectivity index (χ1v) is 9.62. The number of nitrogens with zero attached hydrogens (tertiary/aromatic N) is 3. The average molecular weight is 402 g/mol. The highest BCUT2D eigenvalue weighted by molar-refractivity contribution is 6.31. The standard InChI is InChI=1S/C21H24ClN3O3/c1-14-5-4-6-19(23-14)24(2)20(26)15-9-11-25(12-10-15)21(27)17-13-16(22)7-8-18(17)28-3/h4-8,13,15H,9-12H2,1-3H3. The summed E-state index contributed by atoms with van der Waals surface area (Å²) in [5.74, 6) is 0.923. The molecule has 148 valence electrons. The molecule has 0 saturated carbocycles. The molecule has 0 radical (unpaired) electrons. The van der Waals surface area contributed by atoms with Crippen LogP contribution in [-0.2, 0) is 4.79 Å². The first kappa shape index (κ1) is 20.1. The molecule has 1 aliphatic rings. The number of rotatable bonds is 4. The molecule has 0 spiro atoms. The van der Waals surface area contributed by atoms with E-state index in [2.05, 4.69) is 4.98 Å². The number of amides is 2. The molecule has 0 N–H and O–H groups in total. The number of aromatic nitrogens is 1. The van der Waals surface area contributed by atoms with Gasteiger partial charge in [-0.3, -0.25) is 14.5 Å². The lowest BCUT2D eigenvalue weighted by atomic mass is 9.94. The molecule has 28 heavy (non-hydrogen) atoms. The van der Waals surface area contributed by atoms with Crippen molar-refractivity contribution in [3.63, 3.8) is 0 Å². The molecule has 1 aromatic carbocycles. The van der Waals surface area contributed by atoms with Crippen molar-refractivity contribution in [2.75, 3.05) is 32.1 Å². The lowest BCUT2D eigenvalue weighted by Crippen LogP contribution is -2.43. The smallest absolute Gasteiger partial charge is 0.257 e. The molecule has 0 bridgehead atoms. The molecule has 1 fully saturated rings. The third-order valence-electron chi connectivity index (χ3n) is 5.07. The van der Waals surface area contributed by atoms with Gasteiger partial charge in [0, 0.05) is 36.8 Å². The van der Waals surface area contributed by atoms with Gasteiger partial charge in [0.15, 0.2) is 0 Å². The number of piperidine rings is 1. The quantitative estimate of drug-likeness (QED) is 0.785. The number of hydrogen-bond donors (Lipinski definition) is 0. The van der Waals surface area contributed by atoms with Crippen molar-refractivity contribution in [1.82, 2.24) is 9.88 Å². The number of methoxy groups -OCH3 is 1. The lowest BCUT2D eigenvalue weighted by molar-refractivity contribution is -0.123. The summed E-state index contributed by atoms with van der Waals surface area (Å²) in [6.45, 7) is 2.93. The zero-order valence-corrected chi connectivity index (χ0v) is 17.1. The number of carbonyl (C=O) groups is 2. The van der Waals surface area contributed by atoms with Crippen LogP contribution in [0.25, 0.3) is 0 Å². The summed E-state index contributed by atoms with van der Waals surface area (Å²) in [5.41, 5.74) is 1.31. The number of anilines is 1. The molecule has 3 rings (SSSR count). The number of likely N-dealkylation sites (tertiary alicyclic amines) is 1. The van der Waals surface area contributed by atoms with E-state index in [9.17, 15) is 9.59 Å². The molecule has 7 heteroatoms. The van der Waals surface area contributed by atoms with Gasteiger partial charge in [0.1, 0.15) is 11.6 Å². The Morgan fingerprint density at radius 3 is 2.57 bits per heavy atom. The molecule has 0 atom stereocenters. The molecule has 1 saturated heterocycles. The molecular formula is C21H24ClN3O3. The monoisotopic (exact) mass is 401 g/mol. The molecule has 0 aliphatic carbocycles. The maximum Gasteiger partial charge on any atom is 0.257 e. The van der Waals surface area contributed by atoms with Crippen LogP contribution in [0.2, 0.25) is 5.02 Å². The molecular weight excluding hydrogens is 378 g/mol. The van der Waals surface area contributed by atoms with Gasteiger partial charge in [-0.1, -0.05) is 17.7 Å².